The highest BCUT2D eigenvalue weighted by Crippen LogP contribution is 2.16. The maximum atomic E-state index is 13.3. The van der Waals surface area contributed by atoms with Gasteiger partial charge in [-0.2, -0.15) is 0 Å². The molecule has 0 bridgehead atoms. The average Bonchev–Trinajstić information content (AvgIpc) is 3.00. The fourth-order valence-electron chi connectivity index (χ4n) is 4.09. The maximum Gasteiger partial charge on any atom is 0.277 e. The van der Waals surface area contributed by atoms with E-state index in [-0.39, 0.29) is 0 Å². The third kappa shape index (κ3) is 5.77. The van der Waals surface area contributed by atoms with Crippen molar-refractivity contribution in [3.63, 3.8) is 0 Å². The number of benzene rings is 5. The van der Waals surface area contributed by atoms with Crippen molar-refractivity contribution < 1.29 is 9.59 Å². The summed E-state index contributed by atoms with van der Waals surface area (Å²) >= 11 is 0. The van der Waals surface area contributed by atoms with Crippen LogP contribution in [0.1, 0.15) is 43.0 Å². The molecule has 0 aliphatic rings. The van der Waals surface area contributed by atoms with Gasteiger partial charge in [-0.25, -0.2) is 9.98 Å². The predicted molar refractivity (Wildman–Crippen MR) is 152 cm³/mol. The molecular formula is C34H24N2O2. The molecule has 0 fully saturated rings. The van der Waals surface area contributed by atoms with Gasteiger partial charge in [0.1, 0.15) is 0 Å². The summed E-state index contributed by atoms with van der Waals surface area (Å²) in [5.74, 6) is -0.865. The second-order valence-electron chi connectivity index (χ2n) is 8.58. The minimum Gasteiger partial charge on any atom is -0.267 e. The van der Waals surface area contributed by atoms with Crippen LogP contribution in [0, 0.1) is 0 Å². The Labute approximate surface area is 221 Å². The summed E-state index contributed by atoms with van der Waals surface area (Å²) in [6.07, 6.45) is 0. The maximum absolute atomic E-state index is 13.3. The van der Waals surface area contributed by atoms with Crippen molar-refractivity contribution in [1.82, 2.24) is 0 Å². The third-order valence-electron chi connectivity index (χ3n) is 5.97. The van der Waals surface area contributed by atoms with Crippen LogP contribution >= 0.6 is 0 Å². The molecule has 0 unspecified atom stereocenters. The molecule has 38 heavy (non-hydrogen) atoms. The Morgan fingerprint density at radius 1 is 0.342 bits per heavy atom. The van der Waals surface area contributed by atoms with Crippen molar-refractivity contribution in [2.45, 2.75) is 0 Å². The molecular weight excluding hydrogens is 468 g/mol. The average molecular weight is 493 g/mol. The largest absolute Gasteiger partial charge is 0.277 e. The Bertz CT molecular complexity index is 1410. The molecule has 0 N–H and O–H groups in total. The molecule has 0 radical (unpaired) electrons. The topological polar surface area (TPSA) is 58.9 Å². The predicted octanol–water partition coefficient (Wildman–Crippen LogP) is 7.04. The number of carbonyl (C=O) groups excluding carboxylic acids is 2. The second-order valence-corrected chi connectivity index (χ2v) is 8.58. The summed E-state index contributed by atoms with van der Waals surface area (Å²) in [7, 11) is 0. The number of aliphatic imine (C=N–C) groups is 2. The number of rotatable bonds is 6. The van der Waals surface area contributed by atoms with E-state index < -0.39 is 11.8 Å². The SMILES string of the molecule is O=C(N=C(c1ccccc1)c1ccccc1)c1cccc(C(=O)N=C(c2ccccc2)c2ccccc2)c1. The monoisotopic (exact) mass is 492 g/mol. The number of hydrogen-bond donors (Lipinski definition) is 0. The lowest BCUT2D eigenvalue weighted by atomic mass is 10.0. The Morgan fingerprint density at radius 3 is 0.895 bits per heavy atom. The second kappa shape index (κ2) is 11.7. The van der Waals surface area contributed by atoms with Gasteiger partial charge in [0.05, 0.1) is 11.4 Å². The minimum absolute atomic E-state index is 0.316. The van der Waals surface area contributed by atoms with Crippen LogP contribution in [-0.4, -0.2) is 23.2 Å². The lowest BCUT2D eigenvalue weighted by Crippen LogP contribution is -2.10. The molecule has 5 aromatic carbocycles. The molecule has 2 amide bonds. The zero-order valence-electron chi connectivity index (χ0n) is 20.6. The molecule has 0 atom stereocenters. The summed E-state index contributed by atoms with van der Waals surface area (Å²) in [6.45, 7) is 0. The van der Waals surface area contributed by atoms with Crippen LogP contribution in [0.3, 0.4) is 0 Å². The first-order chi connectivity index (χ1) is 18.7. The van der Waals surface area contributed by atoms with Crippen molar-refractivity contribution in [2.75, 3.05) is 0 Å². The van der Waals surface area contributed by atoms with Gasteiger partial charge in [0.25, 0.3) is 11.8 Å². The Balaban J connectivity index is 1.50. The molecule has 4 nitrogen and oxygen atoms in total. The van der Waals surface area contributed by atoms with E-state index >= 15 is 0 Å². The van der Waals surface area contributed by atoms with E-state index in [0.29, 0.717) is 22.6 Å². The van der Waals surface area contributed by atoms with Crippen molar-refractivity contribution in [2.24, 2.45) is 9.98 Å². The summed E-state index contributed by atoms with van der Waals surface area (Å²) in [4.78, 5) is 35.6. The van der Waals surface area contributed by atoms with Gasteiger partial charge in [-0.15, -0.1) is 0 Å². The molecule has 0 aliphatic carbocycles. The van der Waals surface area contributed by atoms with Crippen LogP contribution in [0.4, 0.5) is 0 Å². The smallest absolute Gasteiger partial charge is 0.267 e. The highest BCUT2D eigenvalue weighted by molar-refractivity contribution is 6.20. The quantitative estimate of drug-likeness (QED) is 0.239. The zero-order valence-corrected chi connectivity index (χ0v) is 20.6. The van der Waals surface area contributed by atoms with Crippen molar-refractivity contribution >= 4 is 23.2 Å². The Morgan fingerprint density at radius 2 is 0.605 bits per heavy atom. The van der Waals surface area contributed by atoms with Gasteiger partial charge < -0.3 is 0 Å². The van der Waals surface area contributed by atoms with Crippen LogP contribution in [0.5, 0.6) is 0 Å². The molecule has 0 aliphatic heterocycles. The minimum atomic E-state index is -0.433. The normalized spacial score (nSPS) is 10.3. The first kappa shape index (κ1) is 24.5. The Kier molecular flexibility index (Phi) is 7.52. The van der Waals surface area contributed by atoms with Crippen LogP contribution < -0.4 is 0 Å². The molecule has 182 valence electrons. The molecule has 0 heterocycles. The third-order valence-corrected chi connectivity index (χ3v) is 5.97. The van der Waals surface area contributed by atoms with Gasteiger partial charge in [0.15, 0.2) is 0 Å². The van der Waals surface area contributed by atoms with Crippen LogP contribution in [0.15, 0.2) is 156 Å². The molecule has 4 heteroatoms. The number of nitrogens with zero attached hydrogens (tertiary/aromatic N) is 2. The molecule has 5 aromatic rings. The van der Waals surface area contributed by atoms with E-state index in [4.69, 9.17) is 0 Å². The van der Waals surface area contributed by atoms with E-state index in [1.54, 1.807) is 24.3 Å². The molecule has 0 aromatic heterocycles. The summed E-state index contributed by atoms with van der Waals surface area (Å²) < 4.78 is 0. The number of carbonyl (C=O) groups is 2. The lowest BCUT2D eigenvalue weighted by molar-refractivity contribution is 0.100. The van der Waals surface area contributed by atoms with Crippen LogP contribution in [0.25, 0.3) is 0 Å². The van der Waals surface area contributed by atoms with Crippen molar-refractivity contribution in [1.29, 1.82) is 0 Å². The van der Waals surface area contributed by atoms with Gasteiger partial charge in [-0.3, -0.25) is 9.59 Å². The Hall–Kier alpha value is -5.22. The highest BCUT2D eigenvalue weighted by atomic mass is 16.2. The summed E-state index contributed by atoms with van der Waals surface area (Å²) in [5.41, 5.74) is 5.10. The highest BCUT2D eigenvalue weighted by Gasteiger charge is 2.15. The molecule has 0 saturated carbocycles. The zero-order chi connectivity index (χ0) is 26.2. The van der Waals surface area contributed by atoms with Crippen molar-refractivity contribution in [3.8, 4) is 0 Å². The molecule has 5 rings (SSSR count). The van der Waals surface area contributed by atoms with Crippen molar-refractivity contribution in [3.05, 3.63) is 179 Å². The van der Waals surface area contributed by atoms with Crippen LogP contribution in [0.2, 0.25) is 0 Å². The number of amides is 2. The lowest BCUT2D eigenvalue weighted by Gasteiger charge is -2.08. The van der Waals surface area contributed by atoms with E-state index in [1.165, 1.54) is 0 Å². The van der Waals surface area contributed by atoms with Gasteiger partial charge in [0, 0.05) is 33.4 Å². The van der Waals surface area contributed by atoms with Gasteiger partial charge in [0.2, 0.25) is 0 Å². The first-order valence-electron chi connectivity index (χ1n) is 12.3. The fraction of sp³-hybridized carbons (Fsp3) is 0. The van der Waals surface area contributed by atoms with E-state index in [1.807, 2.05) is 121 Å². The number of hydrogen-bond acceptors (Lipinski definition) is 2. The van der Waals surface area contributed by atoms with Gasteiger partial charge in [-0.05, 0) is 18.2 Å². The van der Waals surface area contributed by atoms with E-state index in [9.17, 15) is 9.59 Å². The first-order valence-corrected chi connectivity index (χ1v) is 12.3. The summed E-state index contributed by atoms with van der Waals surface area (Å²) in [5, 5.41) is 0. The van der Waals surface area contributed by atoms with E-state index in [2.05, 4.69) is 9.98 Å². The van der Waals surface area contributed by atoms with E-state index in [0.717, 1.165) is 22.3 Å². The standard InChI is InChI=1S/C34H24N2O2/c37-33(35-31(25-14-5-1-6-15-25)26-16-7-2-8-17-26)29-22-13-23-30(24-29)34(38)36-32(27-18-9-3-10-19-27)28-20-11-4-12-21-28/h1-24H. The van der Waals surface area contributed by atoms with Gasteiger partial charge >= 0.3 is 0 Å². The molecule has 0 saturated heterocycles. The van der Waals surface area contributed by atoms with Gasteiger partial charge in [-0.1, -0.05) is 127 Å². The summed E-state index contributed by atoms with van der Waals surface area (Å²) in [6, 6.07) is 44.9. The molecule has 0 spiro atoms. The van der Waals surface area contributed by atoms with Crippen LogP contribution in [-0.2, 0) is 0 Å². The fourth-order valence-corrected chi connectivity index (χ4v) is 4.09.